The van der Waals surface area contributed by atoms with Crippen LogP contribution in [0.3, 0.4) is 0 Å². The standard InChI is InChI=1S/C12H20N6O3/c1-21-6-2-3-7(19)8-10(14)18-9(11(15)17-8)12(20)16-5-4-13/h2-6,13H2,1H3,(H2,14,18)(H2,15,17)(H,16,20). The zero-order valence-corrected chi connectivity index (χ0v) is 11.9. The third-order valence-electron chi connectivity index (χ3n) is 2.61. The lowest BCUT2D eigenvalue weighted by atomic mass is 10.1. The molecule has 0 unspecified atom stereocenters. The summed E-state index contributed by atoms with van der Waals surface area (Å²) in [6.45, 7) is 1.01. The summed E-state index contributed by atoms with van der Waals surface area (Å²) < 4.78 is 4.86. The van der Waals surface area contributed by atoms with Gasteiger partial charge in [-0.05, 0) is 6.42 Å². The van der Waals surface area contributed by atoms with Gasteiger partial charge in [0.1, 0.15) is 0 Å². The number of aromatic nitrogens is 2. The Morgan fingerprint density at radius 2 is 1.81 bits per heavy atom. The number of amides is 1. The number of nitrogens with two attached hydrogens (primary N) is 3. The number of hydrogen-bond acceptors (Lipinski definition) is 8. The molecule has 1 aromatic heterocycles. The van der Waals surface area contributed by atoms with Crippen LogP contribution in [0.1, 0.15) is 33.8 Å². The molecule has 0 saturated heterocycles. The number of carbonyl (C=O) groups is 2. The highest BCUT2D eigenvalue weighted by Crippen LogP contribution is 2.15. The van der Waals surface area contributed by atoms with Crippen molar-refractivity contribution in [1.29, 1.82) is 0 Å². The normalized spacial score (nSPS) is 10.4. The van der Waals surface area contributed by atoms with Gasteiger partial charge in [0.25, 0.3) is 5.91 Å². The Morgan fingerprint density at radius 1 is 1.19 bits per heavy atom. The lowest BCUT2D eigenvalue weighted by Crippen LogP contribution is -2.31. The Labute approximate surface area is 122 Å². The Morgan fingerprint density at radius 3 is 2.43 bits per heavy atom. The number of carbonyl (C=O) groups excluding carboxylic acids is 2. The number of Topliss-reactive ketones (excluding diaryl/α,β-unsaturated/α-hetero) is 1. The van der Waals surface area contributed by atoms with Crippen molar-refractivity contribution in [2.75, 3.05) is 38.3 Å². The van der Waals surface area contributed by atoms with E-state index < -0.39 is 5.91 Å². The predicted molar refractivity (Wildman–Crippen MR) is 77.7 cm³/mol. The Bertz CT molecular complexity index is 520. The van der Waals surface area contributed by atoms with E-state index >= 15 is 0 Å². The molecule has 0 aliphatic rings. The fraction of sp³-hybridized carbons (Fsp3) is 0.500. The second-order valence-electron chi connectivity index (χ2n) is 4.26. The van der Waals surface area contributed by atoms with E-state index in [2.05, 4.69) is 15.3 Å². The first-order valence-corrected chi connectivity index (χ1v) is 6.44. The summed E-state index contributed by atoms with van der Waals surface area (Å²) in [5, 5.41) is 2.50. The van der Waals surface area contributed by atoms with E-state index in [0.717, 1.165) is 0 Å². The highest BCUT2D eigenvalue weighted by atomic mass is 16.5. The molecule has 116 valence electrons. The van der Waals surface area contributed by atoms with Gasteiger partial charge in [0.05, 0.1) is 0 Å². The first-order chi connectivity index (χ1) is 10.0. The number of nitrogens with one attached hydrogen (secondary N) is 1. The molecule has 0 aromatic carbocycles. The zero-order chi connectivity index (χ0) is 15.8. The van der Waals surface area contributed by atoms with E-state index in [4.69, 9.17) is 21.9 Å². The number of methoxy groups -OCH3 is 1. The fourth-order valence-corrected chi connectivity index (χ4v) is 1.60. The summed E-state index contributed by atoms with van der Waals surface area (Å²) >= 11 is 0. The van der Waals surface area contributed by atoms with Crippen LogP contribution in [0.15, 0.2) is 0 Å². The maximum absolute atomic E-state index is 11.9. The quantitative estimate of drug-likeness (QED) is 0.349. The molecule has 0 fully saturated rings. The van der Waals surface area contributed by atoms with E-state index in [1.54, 1.807) is 7.11 Å². The van der Waals surface area contributed by atoms with Crippen LogP contribution in [0, 0.1) is 0 Å². The first kappa shape index (κ1) is 16.8. The van der Waals surface area contributed by atoms with E-state index in [1.165, 1.54) is 0 Å². The third-order valence-corrected chi connectivity index (χ3v) is 2.61. The van der Waals surface area contributed by atoms with Crippen LogP contribution in [0.25, 0.3) is 0 Å². The number of rotatable bonds is 8. The minimum absolute atomic E-state index is 0.0287. The molecule has 1 heterocycles. The van der Waals surface area contributed by atoms with E-state index in [1.807, 2.05) is 0 Å². The Balaban J connectivity index is 2.88. The molecule has 0 aliphatic heterocycles. The molecule has 0 spiro atoms. The van der Waals surface area contributed by atoms with Gasteiger partial charge < -0.3 is 27.3 Å². The molecular weight excluding hydrogens is 276 g/mol. The Kier molecular flexibility index (Phi) is 6.50. The van der Waals surface area contributed by atoms with Crippen LogP contribution in [0.4, 0.5) is 11.6 Å². The maximum atomic E-state index is 11.9. The van der Waals surface area contributed by atoms with Crippen molar-refractivity contribution in [3.8, 4) is 0 Å². The number of nitrogens with zero attached hydrogens (tertiary/aromatic N) is 2. The molecule has 9 heteroatoms. The first-order valence-electron chi connectivity index (χ1n) is 6.44. The van der Waals surface area contributed by atoms with Crippen molar-refractivity contribution in [3.63, 3.8) is 0 Å². The molecule has 1 aromatic rings. The number of hydrogen-bond donors (Lipinski definition) is 4. The molecule has 1 amide bonds. The predicted octanol–water partition coefficient (Wildman–Crippen LogP) is -1.06. The van der Waals surface area contributed by atoms with Crippen molar-refractivity contribution in [1.82, 2.24) is 15.3 Å². The van der Waals surface area contributed by atoms with Crippen molar-refractivity contribution >= 4 is 23.3 Å². The number of nitrogen functional groups attached to an aromatic ring is 2. The summed E-state index contributed by atoms with van der Waals surface area (Å²) in [6, 6.07) is 0. The molecule has 0 atom stereocenters. The number of ether oxygens (including phenoxy) is 1. The highest BCUT2D eigenvalue weighted by molar-refractivity contribution is 6.01. The summed E-state index contributed by atoms with van der Waals surface area (Å²) in [6.07, 6.45) is 0.750. The van der Waals surface area contributed by atoms with Crippen LogP contribution in [-0.4, -0.2) is 48.5 Å². The number of ketones is 1. The van der Waals surface area contributed by atoms with Gasteiger partial charge in [-0.2, -0.15) is 0 Å². The van der Waals surface area contributed by atoms with Crippen molar-refractivity contribution < 1.29 is 14.3 Å². The van der Waals surface area contributed by atoms with Crippen LogP contribution < -0.4 is 22.5 Å². The maximum Gasteiger partial charge on any atom is 0.273 e. The average molecular weight is 296 g/mol. The summed E-state index contributed by atoms with van der Waals surface area (Å²) in [5.74, 6) is -1.09. The number of anilines is 2. The fourth-order valence-electron chi connectivity index (χ4n) is 1.60. The van der Waals surface area contributed by atoms with Gasteiger partial charge in [0, 0.05) is 33.2 Å². The molecule has 21 heavy (non-hydrogen) atoms. The van der Waals surface area contributed by atoms with Gasteiger partial charge in [0.2, 0.25) is 0 Å². The third kappa shape index (κ3) is 4.65. The van der Waals surface area contributed by atoms with E-state index in [9.17, 15) is 9.59 Å². The van der Waals surface area contributed by atoms with Gasteiger partial charge in [0.15, 0.2) is 28.8 Å². The van der Waals surface area contributed by atoms with Crippen molar-refractivity contribution in [3.05, 3.63) is 11.4 Å². The minimum atomic E-state index is -0.532. The van der Waals surface area contributed by atoms with Crippen LogP contribution in [-0.2, 0) is 4.74 Å². The SMILES string of the molecule is COCCCC(=O)c1nc(N)c(C(=O)NCCN)nc1N. The summed E-state index contributed by atoms with van der Waals surface area (Å²) in [5.41, 5.74) is 16.5. The summed E-state index contributed by atoms with van der Waals surface area (Å²) in [7, 11) is 1.55. The van der Waals surface area contributed by atoms with Crippen LogP contribution >= 0.6 is 0 Å². The highest BCUT2D eigenvalue weighted by Gasteiger charge is 2.19. The van der Waals surface area contributed by atoms with Gasteiger partial charge >= 0.3 is 0 Å². The smallest absolute Gasteiger partial charge is 0.273 e. The molecule has 0 saturated carbocycles. The second kappa shape index (κ2) is 8.12. The summed E-state index contributed by atoms with van der Waals surface area (Å²) in [4.78, 5) is 31.4. The van der Waals surface area contributed by atoms with Gasteiger partial charge in [-0.3, -0.25) is 9.59 Å². The van der Waals surface area contributed by atoms with E-state index in [-0.39, 0.29) is 48.3 Å². The van der Waals surface area contributed by atoms with Gasteiger partial charge in [-0.15, -0.1) is 0 Å². The zero-order valence-electron chi connectivity index (χ0n) is 11.9. The average Bonchev–Trinajstić information content (AvgIpc) is 2.46. The molecule has 9 nitrogen and oxygen atoms in total. The van der Waals surface area contributed by atoms with Crippen LogP contribution in [0.5, 0.6) is 0 Å². The Hall–Kier alpha value is -2.26. The molecule has 0 bridgehead atoms. The van der Waals surface area contributed by atoms with E-state index in [0.29, 0.717) is 13.0 Å². The molecule has 7 N–H and O–H groups in total. The monoisotopic (exact) mass is 296 g/mol. The van der Waals surface area contributed by atoms with Gasteiger partial charge in [-0.25, -0.2) is 9.97 Å². The second-order valence-corrected chi connectivity index (χ2v) is 4.26. The molecule has 0 radical (unpaired) electrons. The lowest BCUT2D eigenvalue weighted by Gasteiger charge is -2.09. The van der Waals surface area contributed by atoms with Crippen molar-refractivity contribution in [2.24, 2.45) is 5.73 Å². The van der Waals surface area contributed by atoms with Crippen LogP contribution in [0.2, 0.25) is 0 Å². The largest absolute Gasteiger partial charge is 0.385 e. The molecular formula is C12H20N6O3. The molecule has 1 rings (SSSR count). The topological polar surface area (TPSA) is 159 Å². The lowest BCUT2D eigenvalue weighted by molar-refractivity contribution is 0.0941. The minimum Gasteiger partial charge on any atom is -0.385 e. The van der Waals surface area contributed by atoms with Crippen molar-refractivity contribution in [2.45, 2.75) is 12.8 Å². The molecule has 0 aliphatic carbocycles. The van der Waals surface area contributed by atoms with Gasteiger partial charge in [-0.1, -0.05) is 0 Å².